The summed E-state index contributed by atoms with van der Waals surface area (Å²) >= 11 is 5.76. The van der Waals surface area contributed by atoms with Gasteiger partial charge in [0.05, 0.1) is 5.69 Å². The maximum atomic E-state index is 11.8. The number of nitrogens with zero attached hydrogens (tertiary/aromatic N) is 2. The highest BCUT2D eigenvalue weighted by atomic mass is 35.5. The van der Waals surface area contributed by atoms with Gasteiger partial charge < -0.3 is 5.11 Å². The largest absolute Gasteiger partial charge is 0.505 e. The summed E-state index contributed by atoms with van der Waals surface area (Å²) in [7, 11) is -9.65. The number of phenolic OH excluding ortho intramolecular Hbond substituents is 1. The van der Waals surface area contributed by atoms with E-state index in [4.69, 9.17) is 11.6 Å². The zero-order valence-electron chi connectivity index (χ0n) is 13.7. The van der Waals surface area contributed by atoms with E-state index in [9.17, 15) is 31.0 Å². The molecule has 0 atom stereocenters. The van der Waals surface area contributed by atoms with Gasteiger partial charge in [-0.25, -0.2) is 0 Å². The SMILES string of the molecule is O=S(=O)(O)c1cc(N=Nc2ccc(Cl)cc2)c(O)c2c(S(=O)(=O)O)cccc12. The van der Waals surface area contributed by atoms with Crippen molar-refractivity contribution in [1.82, 2.24) is 0 Å². The summed E-state index contributed by atoms with van der Waals surface area (Å²) in [5.74, 6) is -0.742. The fourth-order valence-corrected chi connectivity index (χ4v) is 4.05. The molecule has 3 aromatic rings. The maximum absolute atomic E-state index is 11.8. The van der Waals surface area contributed by atoms with Crippen LogP contribution in [0.1, 0.15) is 0 Å². The minimum atomic E-state index is -4.83. The zero-order chi connectivity index (χ0) is 20.7. The Hall–Kier alpha value is -2.57. The Kier molecular flexibility index (Phi) is 5.12. The van der Waals surface area contributed by atoms with Crippen LogP contribution in [0.4, 0.5) is 11.4 Å². The molecule has 12 heteroatoms. The van der Waals surface area contributed by atoms with Gasteiger partial charge in [-0.2, -0.15) is 21.9 Å². The van der Waals surface area contributed by atoms with Gasteiger partial charge in [0, 0.05) is 15.8 Å². The number of hydrogen-bond donors (Lipinski definition) is 3. The average molecular weight is 443 g/mol. The van der Waals surface area contributed by atoms with Gasteiger partial charge in [-0.15, -0.1) is 5.11 Å². The molecule has 0 aliphatic heterocycles. The fraction of sp³-hybridized carbons (Fsp3) is 0. The predicted molar refractivity (Wildman–Crippen MR) is 101 cm³/mol. The average Bonchev–Trinajstić information content (AvgIpc) is 2.60. The van der Waals surface area contributed by atoms with Gasteiger partial charge in [0.15, 0.2) is 5.75 Å². The Bertz CT molecular complexity index is 1320. The number of fused-ring (bicyclic) bond motifs is 1. The Balaban J connectivity index is 2.35. The molecule has 0 saturated carbocycles. The van der Waals surface area contributed by atoms with Crippen molar-refractivity contribution in [2.75, 3.05) is 0 Å². The van der Waals surface area contributed by atoms with Crippen molar-refractivity contribution in [3.63, 3.8) is 0 Å². The van der Waals surface area contributed by atoms with E-state index in [1.54, 1.807) is 0 Å². The first kappa shape index (κ1) is 20.2. The van der Waals surface area contributed by atoms with E-state index in [-0.39, 0.29) is 5.39 Å². The molecule has 0 aliphatic rings. The molecule has 3 N–H and O–H groups in total. The molecule has 0 unspecified atom stereocenters. The van der Waals surface area contributed by atoms with E-state index in [1.165, 1.54) is 24.3 Å². The maximum Gasteiger partial charge on any atom is 0.295 e. The van der Waals surface area contributed by atoms with Crippen LogP contribution in [0.2, 0.25) is 5.02 Å². The van der Waals surface area contributed by atoms with Gasteiger partial charge in [-0.05, 0) is 36.4 Å². The quantitative estimate of drug-likeness (QED) is 0.405. The van der Waals surface area contributed by atoms with Crippen molar-refractivity contribution < 1.29 is 31.0 Å². The predicted octanol–water partition coefficient (Wildman–Crippen LogP) is 4.11. The molecule has 0 heterocycles. The molecule has 3 aromatic carbocycles. The Labute approximate surface area is 164 Å². The Morgan fingerprint density at radius 1 is 0.821 bits per heavy atom. The standard InChI is InChI=1S/C16H11ClN2O7S2/c17-9-4-6-10(7-5-9)18-19-12-8-14(28(24,25)26)11-2-1-3-13(27(21,22)23)15(11)16(12)20/h1-8,20H,(H,21,22,23)(H,24,25,26). The first-order valence-electron chi connectivity index (χ1n) is 7.39. The van der Waals surface area contributed by atoms with Crippen LogP contribution in [0.5, 0.6) is 5.75 Å². The number of hydrogen-bond acceptors (Lipinski definition) is 7. The van der Waals surface area contributed by atoms with E-state index in [0.717, 1.165) is 24.3 Å². The summed E-state index contributed by atoms with van der Waals surface area (Å²) < 4.78 is 65.7. The molecule has 0 radical (unpaired) electrons. The zero-order valence-corrected chi connectivity index (χ0v) is 16.1. The molecule has 0 aromatic heterocycles. The van der Waals surface area contributed by atoms with Gasteiger partial charge in [-0.3, -0.25) is 9.11 Å². The molecular weight excluding hydrogens is 432 g/mol. The smallest absolute Gasteiger partial charge is 0.295 e. The van der Waals surface area contributed by atoms with Crippen LogP contribution in [0.15, 0.2) is 68.6 Å². The van der Waals surface area contributed by atoms with Crippen LogP contribution in [0, 0.1) is 0 Å². The number of azo groups is 1. The molecule has 0 bridgehead atoms. The highest BCUT2D eigenvalue weighted by molar-refractivity contribution is 7.86. The first-order chi connectivity index (χ1) is 13.0. The second-order valence-electron chi connectivity index (χ2n) is 5.55. The molecule has 9 nitrogen and oxygen atoms in total. The van der Waals surface area contributed by atoms with Crippen LogP contribution in [0.3, 0.4) is 0 Å². The van der Waals surface area contributed by atoms with Crippen molar-refractivity contribution in [3.05, 3.63) is 53.6 Å². The number of aromatic hydroxyl groups is 1. The third kappa shape index (κ3) is 3.98. The molecule has 0 spiro atoms. The minimum Gasteiger partial charge on any atom is -0.505 e. The summed E-state index contributed by atoms with van der Waals surface area (Å²) in [6.07, 6.45) is 0. The topological polar surface area (TPSA) is 154 Å². The lowest BCUT2D eigenvalue weighted by Gasteiger charge is -2.11. The number of halogens is 1. The molecule has 146 valence electrons. The molecule has 0 fully saturated rings. The molecule has 28 heavy (non-hydrogen) atoms. The summed E-state index contributed by atoms with van der Waals surface area (Å²) in [5.41, 5.74) is -0.133. The van der Waals surface area contributed by atoms with Crippen LogP contribution in [0.25, 0.3) is 10.8 Å². The lowest BCUT2D eigenvalue weighted by molar-refractivity contribution is 0.472. The van der Waals surface area contributed by atoms with Crippen molar-refractivity contribution in [3.8, 4) is 5.75 Å². The first-order valence-corrected chi connectivity index (χ1v) is 10.7. The monoisotopic (exact) mass is 442 g/mol. The van der Waals surface area contributed by atoms with Crippen molar-refractivity contribution in [2.24, 2.45) is 10.2 Å². The lowest BCUT2D eigenvalue weighted by Crippen LogP contribution is -2.03. The van der Waals surface area contributed by atoms with Crippen molar-refractivity contribution in [2.45, 2.75) is 9.79 Å². The molecule has 0 aliphatic carbocycles. The van der Waals surface area contributed by atoms with Crippen LogP contribution in [-0.4, -0.2) is 31.0 Å². The summed E-state index contributed by atoms with van der Waals surface area (Å²) in [6.45, 7) is 0. The van der Waals surface area contributed by atoms with E-state index in [1.807, 2.05) is 0 Å². The molecule has 3 rings (SSSR count). The Morgan fingerprint density at radius 2 is 1.43 bits per heavy atom. The van der Waals surface area contributed by atoms with Crippen LogP contribution in [-0.2, 0) is 20.2 Å². The van der Waals surface area contributed by atoms with E-state index >= 15 is 0 Å². The van der Waals surface area contributed by atoms with Gasteiger partial charge >= 0.3 is 0 Å². The van der Waals surface area contributed by atoms with E-state index < -0.39 is 46.9 Å². The second kappa shape index (κ2) is 7.11. The molecule has 0 amide bonds. The van der Waals surface area contributed by atoms with Gasteiger partial charge in [0.25, 0.3) is 20.2 Å². The highest BCUT2D eigenvalue weighted by Crippen LogP contribution is 2.42. The Morgan fingerprint density at radius 3 is 2.00 bits per heavy atom. The number of rotatable bonds is 4. The third-order valence-electron chi connectivity index (χ3n) is 3.69. The number of benzene rings is 3. The van der Waals surface area contributed by atoms with Crippen LogP contribution >= 0.6 is 11.6 Å². The fourth-order valence-electron chi connectivity index (χ4n) is 2.50. The van der Waals surface area contributed by atoms with Crippen molar-refractivity contribution >= 4 is 54.0 Å². The second-order valence-corrected chi connectivity index (χ2v) is 8.76. The van der Waals surface area contributed by atoms with Gasteiger partial charge in [0.1, 0.15) is 15.5 Å². The highest BCUT2D eigenvalue weighted by Gasteiger charge is 2.25. The van der Waals surface area contributed by atoms with Gasteiger partial charge in [-0.1, -0.05) is 23.7 Å². The summed E-state index contributed by atoms with van der Waals surface area (Å²) in [4.78, 5) is -1.47. The van der Waals surface area contributed by atoms with E-state index in [2.05, 4.69) is 10.2 Å². The number of phenols is 1. The van der Waals surface area contributed by atoms with Crippen molar-refractivity contribution in [1.29, 1.82) is 0 Å². The summed E-state index contributed by atoms with van der Waals surface area (Å²) in [5, 5.41) is 17.6. The van der Waals surface area contributed by atoms with Crippen LogP contribution < -0.4 is 0 Å². The summed E-state index contributed by atoms with van der Waals surface area (Å²) in [6, 6.07) is 10.1. The van der Waals surface area contributed by atoms with E-state index in [0.29, 0.717) is 10.7 Å². The molecular formula is C16H11ClN2O7S2. The lowest BCUT2D eigenvalue weighted by atomic mass is 10.1. The normalized spacial score (nSPS) is 12.7. The molecule has 0 saturated heterocycles. The minimum absolute atomic E-state index is 0.306. The third-order valence-corrected chi connectivity index (χ3v) is 5.74. The van der Waals surface area contributed by atoms with Gasteiger partial charge in [0.2, 0.25) is 0 Å².